The molecule has 0 saturated carbocycles. The molecule has 0 atom stereocenters. The van der Waals surface area contributed by atoms with Crippen molar-refractivity contribution in [2.24, 2.45) is 5.73 Å². The third kappa shape index (κ3) is 6.79. The average molecular weight is 279 g/mol. The fraction of sp³-hybridized carbons (Fsp3) is 0.917. The van der Waals surface area contributed by atoms with Crippen LogP contribution in [0.5, 0.6) is 0 Å². The number of nitrogens with zero attached hydrogens (tertiary/aromatic N) is 2. The normalized spacial score (nSPS) is 17.2. The predicted octanol–water partition coefficient (Wildman–Crippen LogP) is 0.151. The van der Waals surface area contributed by atoms with Gasteiger partial charge in [0.1, 0.15) is 6.61 Å². The van der Waals surface area contributed by atoms with Crippen LogP contribution >= 0.6 is 0 Å². The van der Waals surface area contributed by atoms with Gasteiger partial charge in [0.15, 0.2) is 0 Å². The van der Waals surface area contributed by atoms with Gasteiger partial charge in [-0.1, -0.05) is 0 Å². The number of carbonyl (C=O) groups is 1. The molecule has 7 heteroatoms. The minimum atomic E-state index is -2.47. The van der Waals surface area contributed by atoms with Crippen LogP contribution in [0.4, 0.5) is 8.78 Å². The number of alkyl halides is 2. The minimum absolute atomic E-state index is 0.0206. The van der Waals surface area contributed by atoms with Crippen molar-refractivity contribution in [1.82, 2.24) is 9.80 Å². The summed E-state index contributed by atoms with van der Waals surface area (Å²) in [5.74, 6) is -0.0206. The number of rotatable bonds is 8. The molecule has 0 radical (unpaired) electrons. The molecule has 19 heavy (non-hydrogen) atoms. The number of nitrogens with two attached hydrogens (primary N) is 1. The summed E-state index contributed by atoms with van der Waals surface area (Å²) < 4.78 is 28.4. The van der Waals surface area contributed by atoms with Gasteiger partial charge in [-0.25, -0.2) is 8.78 Å². The third-order valence-corrected chi connectivity index (χ3v) is 3.11. The molecule has 0 aromatic heterocycles. The van der Waals surface area contributed by atoms with Crippen molar-refractivity contribution in [1.29, 1.82) is 0 Å². The number of amides is 1. The summed E-state index contributed by atoms with van der Waals surface area (Å²) in [7, 11) is 0. The number of halogens is 2. The predicted molar refractivity (Wildman–Crippen MR) is 68.1 cm³/mol. The van der Waals surface area contributed by atoms with E-state index in [1.54, 1.807) is 4.90 Å². The smallest absolute Gasteiger partial charge is 0.261 e. The highest BCUT2D eigenvalue weighted by Gasteiger charge is 2.20. The van der Waals surface area contributed by atoms with Crippen molar-refractivity contribution < 1.29 is 18.3 Å². The van der Waals surface area contributed by atoms with Crippen LogP contribution in [0, 0.1) is 0 Å². The van der Waals surface area contributed by atoms with Crippen LogP contribution in [0.2, 0.25) is 0 Å². The number of hydrogen-bond acceptors (Lipinski definition) is 4. The summed E-state index contributed by atoms with van der Waals surface area (Å²) in [6.45, 7) is 4.21. The lowest BCUT2D eigenvalue weighted by atomic mass is 10.2. The highest BCUT2D eigenvalue weighted by atomic mass is 19.3. The molecule has 1 aliphatic rings. The Hall–Kier alpha value is -0.790. The van der Waals surface area contributed by atoms with E-state index in [0.717, 1.165) is 26.1 Å². The van der Waals surface area contributed by atoms with Crippen molar-refractivity contribution in [2.75, 3.05) is 52.5 Å². The molecule has 1 aliphatic heterocycles. The molecule has 0 spiro atoms. The molecular formula is C12H23F2N3O2. The Morgan fingerprint density at radius 2 is 1.95 bits per heavy atom. The third-order valence-electron chi connectivity index (χ3n) is 3.11. The molecule has 1 saturated heterocycles. The maximum Gasteiger partial charge on any atom is 0.261 e. The Morgan fingerprint density at radius 3 is 2.53 bits per heavy atom. The van der Waals surface area contributed by atoms with Gasteiger partial charge in [0.2, 0.25) is 5.91 Å². The van der Waals surface area contributed by atoms with Gasteiger partial charge >= 0.3 is 0 Å². The zero-order valence-electron chi connectivity index (χ0n) is 11.2. The Kier molecular flexibility index (Phi) is 7.85. The maximum absolute atomic E-state index is 11.8. The first kappa shape index (κ1) is 16.3. The van der Waals surface area contributed by atoms with Crippen molar-refractivity contribution in [3.63, 3.8) is 0 Å². The first-order valence-electron chi connectivity index (χ1n) is 6.69. The van der Waals surface area contributed by atoms with Crippen molar-refractivity contribution >= 4 is 5.91 Å². The van der Waals surface area contributed by atoms with Crippen molar-refractivity contribution in [3.8, 4) is 0 Å². The fourth-order valence-electron chi connectivity index (χ4n) is 2.03. The molecule has 5 nitrogen and oxygen atoms in total. The van der Waals surface area contributed by atoms with Crippen LogP contribution in [-0.4, -0.2) is 74.6 Å². The Morgan fingerprint density at radius 1 is 1.26 bits per heavy atom. The van der Waals surface area contributed by atoms with E-state index in [2.05, 4.69) is 4.90 Å². The monoisotopic (exact) mass is 279 g/mol. The van der Waals surface area contributed by atoms with Gasteiger partial charge in [-0.2, -0.15) is 0 Å². The zero-order valence-corrected chi connectivity index (χ0v) is 11.2. The first-order valence-corrected chi connectivity index (χ1v) is 6.69. The molecule has 0 bridgehead atoms. The van der Waals surface area contributed by atoms with E-state index in [0.29, 0.717) is 19.6 Å². The van der Waals surface area contributed by atoms with Gasteiger partial charge in [0.25, 0.3) is 6.43 Å². The molecule has 1 heterocycles. The highest BCUT2D eigenvalue weighted by Crippen LogP contribution is 2.05. The summed E-state index contributed by atoms with van der Waals surface area (Å²) in [5.41, 5.74) is 5.45. The number of piperazine rings is 1. The van der Waals surface area contributed by atoms with E-state index in [-0.39, 0.29) is 18.9 Å². The second-order valence-corrected chi connectivity index (χ2v) is 4.58. The van der Waals surface area contributed by atoms with E-state index < -0.39 is 13.0 Å². The summed E-state index contributed by atoms with van der Waals surface area (Å²) in [5, 5.41) is 0. The Labute approximate surface area is 112 Å². The standard InChI is InChI=1S/C12H23F2N3O2/c13-11(14)10-19-9-2-12(18)17-7-5-16(6-8-17)4-1-3-15/h11H,1-10,15H2. The fourth-order valence-corrected chi connectivity index (χ4v) is 2.03. The lowest BCUT2D eigenvalue weighted by molar-refractivity contribution is -0.134. The molecule has 0 unspecified atom stereocenters. The number of carbonyl (C=O) groups excluding carboxylic acids is 1. The SMILES string of the molecule is NCCCN1CCN(C(=O)CCOCC(F)F)CC1. The first-order chi connectivity index (χ1) is 9.13. The van der Waals surface area contributed by atoms with E-state index in [4.69, 9.17) is 10.5 Å². The van der Waals surface area contributed by atoms with Crippen LogP contribution < -0.4 is 5.73 Å². The second kappa shape index (κ2) is 9.17. The van der Waals surface area contributed by atoms with Gasteiger partial charge in [-0.3, -0.25) is 9.69 Å². The Balaban J connectivity index is 2.11. The van der Waals surface area contributed by atoms with Crippen LogP contribution in [0.3, 0.4) is 0 Å². The van der Waals surface area contributed by atoms with E-state index in [1.807, 2.05) is 0 Å². The zero-order chi connectivity index (χ0) is 14.1. The van der Waals surface area contributed by atoms with Gasteiger partial charge in [0.05, 0.1) is 13.0 Å². The summed E-state index contributed by atoms with van der Waals surface area (Å²) >= 11 is 0. The van der Waals surface area contributed by atoms with Crippen LogP contribution in [0.15, 0.2) is 0 Å². The average Bonchev–Trinajstić information content (AvgIpc) is 2.41. The van der Waals surface area contributed by atoms with Gasteiger partial charge < -0.3 is 15.4 Å². The van der Waals surface area contributed by atoms with Crippen LogP contribution in [0.1, 0.15) is 12.8 Å². The van der Waals surface area contributed by atoms with Crippen molar-refractivity contribution in [2.45, 2.75) is 19.3 Å². The summed E-state index contributed by atoms with van der Waals surface area (Å²) in [4.78, 5) is 15.8. The number of hydrogen-bond donors (Lipinski definition) is 1. The number of ether oxygens (including phenoxy) is 1. The van der Waals surface area contributed by atoms with Crippen LogP contribution in [-0.2, 0) is 9.53 Å². The highest BCUT2D eigenvalue weighted by molar-refractivity contribution is 5.76. The lowest BCUT2D eigenvalue weighted by Crippen LogP contribution is -2.49. The maximum atomic E-state index is 11.8. The summed E-state index contributed by atoms with van der Waals surface area (Å²) in [6, 6.07) is 0. The van der Waals surface area contributed by atoms with E-state index in [1.165, 1.54) is 0 Å². The summed E-state index contributed by atoms with van der Waals surface area (Å²) in [6.07, 6.45) is -1.33. The lowest BCUT2D eigenvalue weighted by Gasteiger charge is -2.34. The van der Waals surface area contributed by atoms with Gasteiger partial charge in [0, 0.05) is 26.2 Å². The molecule has 112 valence electrons. The molecule has 1 fully saturated rings. The molecule has 0 aromatic carbocycles. The van der Waals surface area contributed by atoms with Crippen molar-refractivity contribution in [3.05, 3.63) is 0 Å². The largest absolute Gasteiger partial charge is 0.375 e. The molecule has 0 aliphatic carbocycles. The van der Waals surface area contributed by atoms with E-state index >= 15 is 0 Å². The molecule has 2 N–H and O–H groups in total. The topological polar surface area (TPSA) is 58.8 Å². The molecular weight excluding hydrogens is 256 g/mol. The Bertz CT molecular complexity index is 259. The molecule has 1 amide bonds. The minimum Gasteiger partial charge on any atom is -0.375 e. The van der Waals surface area contributed by atoms with Gasteiger partial charge in [-0.05, 0) is 19.5 Å². The second-order valence-electron chi connectivity index (χ2n) is 4.58. The molecule has 0 aromatic rings. The van der Waals surface area contributed by atoms with E-state index in [9.17, 15) is 13.6 Å². The molecule has 1 rings (SSSR count). The van der Waals surface area contributed by atoms with Gasteiger partial charge in [-0.15, -0.1) is 0 Å². The van der Waals surface area contributed by atoms with Crippen LogP contribution in [0.25, 0.3) is 0 Å². The quantitative estimate of drug-likeness (QED) is 0.643.